The summed E-state index contributed by atoms with van der Waals surface area (Å²) in [6.07, 6.45) is 0.299. The van der Waals surface area contributed by atoms with E-state index in [1.165, 1.54) is 30.5 Å². The summed E-state index contributed by atoms with van der Waals surface area (Å²) in [6, 6.07) is 10.4. The van der Waals surface area contributed by atoms with Gasteiger partial charge in [-0.25, -0.2) is 4.98 Å². The van der Waals surface area contributed by atoms with Crippen molar-refractivity contribution < 1.29 is 19.1 Å². The molecule has 0 radical (unpaired) electrons. The van der Waals surface area contributed by atoms with Gasteiger partial charge >= 0.3 is 5.97 Å². The number of benzene rings is 1. The van der Waals surface area contributed by atoms with Gasteiger partial charge in [0, 0.05) is 16.3 Å². The molecule has 10 heteroatoms. The van der Waals surface area contributed by atoms with Gasteiger partial charge in [-0.3, -0.25) is 14.4 Å². The molecule has 0 unspecified atom stereocenters. The number of halogens is 2. The van der Waals surface area contributed by atoms with E-state index < -0.39 is 30.4 Å². The fourth-order valence-corrected chi connectivity index (χ4v) is 3.91. The number of hydrogen-bond acceptors (Lipinski definition) is 6. The zero-order chi connectivity index (χ0) is 21.0. The fraction of sp³-hybridized carbons (Fsp3) is 0.158. The molecule has 3 aromatic rings. The second-order valence-electron chi connectivity index (χ2n) is 5.91. The molecule has 0 aliphatic heterocycles. The number of hydrogen-bond donors (Lipinski definition) is 2. The van der Waals surface area contributed by atoms with Crippen molar-refractivity contribution in [3.8, 4) is 0 Å². The highest BCUT2D eigenvalue weighted by atomic mass is 35.5. The molecule has 0 fully saturated rings. The molecule has 0 spiro atoms. The van der Waals surface area contributed by atoms with Crippen molar-refractivity contribution in [2.45, 2.75) is 13.0 Å². The number of aromatic nitrogens is 1. The van der Waals surface area contributed by atoms with Gasteiger partial charge in [-0.05, 0) is 25.1 Å². The third kappa shape index (κ3) is 5.23. The second-order valence-corrected chi connectivity index (χ2v) is 7.77. The predicted molar refractivity (Wildman–Crippen MR) is 113 cm³/mol. The normalized spacial score (nSPS) is 11.7. The van der Waals surface area contributed by atoms with E-state index in [2.05, 4.69) is 15.6 Å². The van der Waals surface area contributed by atoms with Crippen molar-refractivity contribution in [2.24, 2.45) is 0 Å². The Labute approximate surface area is 180 Å². The molecular formula is C19H15Cl2N3O4S. The molecule has 29 heavy (non-hydrogen) atoms. The van der Waals surface area contributed by atoms with Gasteiger partial charge in [0.1, 0.15) is 17.2 Å². The number of pyridine rings is 1. The molecular weight excluding hydrogens is 437 g/mol. The van der Waals surface area contributed by atoms with Crippen molar-refractivity contribution in [3.05, 3.63) is 57.5 Å². The third-order valence-corrected chi connectivity index (χ3v) is 5.69. The summed E-state index contributed by atoms with van der Waals surface area (Å²) in [7, 11) is 0. The maximum absolute atomic E-state index is 12.3. The Morgan fingerprint density at radius 2 is 1.93 bits per heavy atom. The molecule has 150 valence electrons. The van der Waals surface area contributed by atoms with Gasteiger partial charge in [-0.1, -0.05) is 41.4 Å². The van der Waals surface area contributed by atoms with Crippen molar-refractivity contribution in [2.75, 3.05) is 11.9 Å². The number of carbonyl (C=O) groups is 3. The molecule has 2 aromatic heterocycles. The Balaban J connectivity index is 1.52. The largest absolute Gasteiger partial charge is 0.451 e. The Bertz CT molecular complexity index is 1070. The van der Waals surface area contributed by atoms with E-state index in [-0.39, 0.29) is 5.82 Å². The minimum atomic E-state index is -1.08. The monoisotopic (exact) mass is 451 g/mol. The zero-order valence-corrected chi connectivity index (χ0v) is 17.4. The molecule has 1 aromatic carbocycles. The topological polar surface area (TPSA) is 97.4 Å². The number of esters is 1. The number of rotatable bonds is 6. The number of nitrogens with zero attached hydrogens (tertiary/aromatic N) is 1. The summed E-state index contributed by atoms with van der Waals surface area (Å²) >= 11 is 13.2. The average molecular weight is 452 g/mol. The summed E-state index contributed by atoms with van der Waals surface area (Å²) < 4.78 is 5.90. The van der Waals surface area contributed by atoms with Crippen LogP contribution in [-0.2, 0) is 14.3 Å². The van der Waals surface area contributed by atoms with Gasteiger partial charge < -0.3 is 15.4 Å². The SMILES string of the molecule is C[C@H](OC(=O)CNC(=O)c1sc2ccccc2c1Cl)C(=O)Nc1ccc(Cl)cn1. The van der Waals surface area contributed by atoms with E-state index in [0.29, 0.717) is 14.9 Å². The Kier molecular flexibility index (Phi) is 6.68. The summed E-state index contributed by atoms with van der Waals surface area (Å²) in [5.41, 5.74) is 0. The molecule has 0 aliphatic carbocycles. The highest BCUT2D eigenvalue weighted by Gasteiger charge is 2.21. The van der Waals surface area contributed by atoms with Crippen molar-refractivity contribution >= 4 is 68.2 Å². The van der Waals surface area contributed by atoms with E-state index in [4.69, 9.17) is 27.9 Å². The van der Waals surface area contributed by atoms with Crippen molar-refractivity contribution in [1.29, 1.82) is 0 Å². The maximum Gasteiger partial charge on any atom is 0.326 e. The molecule has 0 saturated carbocycles. The van der Waals surface area contributed by atoms with Crippen LogP contribution in [0, 0.1) is 0 Å². The van der Waals surface area contributed by atoms with Gasteiger partial charge in [0.05, 0.1) is 10.0 Å². The fourth-order valence-electron chi connectivity index (χ4n) is 2.36. The van der Waals surface area contributed by atoms with Crippen LogP contribution in [0.1, 0.15) is 16.6 Å². The van der Waals surface area contributed by atoms with E-state index in [9.17, 15) is 14.4 Å². The van der Waals surface area contributed by atoms with Gasteiger partial charge in [0.15, 0.2) is 6.10 Å². The minimum absolute atomic E-state index is 0.273. The van der Waals surface area contributed by atoms with Crippen LogP contribution >= 0.6 is 34.5 Å². The number of thiophene rings is 1. The standard InChI is InChI=1S/C19H15Cl2N3O4S/c1-10(18(26)24-14-7-6-11(20)8-22-14)28-15(25)9-23-19(27)17-16(21)12-4-2-3-5-13(12)29-17/h2-8,10H,9H2,1H3,(H,23,27)(H,22,24,26)/t10-/m0/s1. The number of ether oxygens (including phenoxy) is 1. The Hall–Kier alpha value is -2.68. The number of nitrogens with one attached hydrogen (secondary N) is 2. The first-order valence-electron chi connectivity index (χ1n) is 8.42. The van der Waals surface area contributed by atoms with Crippen LogP contribution in [-0.4, -0.2) is 35.4 Å². The lowest BCUT2D eigenvalue weighted by Gasteiger charge is -2.13. The quantitative estimate of drug-likeness (QED) is 0.553. The Morgan fingerprint density at radius 1 is 1.17 bits per heavy atom. The maximum atomic E-state index is 12.3. The lowest BCUT2D eigenvalue weighted by molar-refractivity contribution is -0.152. The first kappa shape index (κ1) is 21.0. The Morgan fingerprint density at radius 3 is 2.62 bits per heavy atom. The van der Waals surface area contributed by atoms with E-state index in [0.717, 1.165) is 10.1 Å². The van der Waals surface area contributed by atoms with Crippen LogP contribution in [0.4, 0.5) is 5.82 Å². The molecule has 0 saturated heterocycles. The summed E-state index contributed by atoms with van der Waals surface area (Å²) in [5, 5.41) is 6.48. The van der Waals surface area contributed by atoms with Crippen LogP contribution < -0.4 is 10.6 Å². The molecule has 1 atom stereocenters. The minimum Gasteiger partial charge on any atom is -0.451 e. The van der Waals surface area contributed by atoms with Crippen LogP contribution in [0.2, 0.25) is 10.0 Å². The highest BCUT2D eigenvalue weighted by molar-refractivity contribution is 7.21. The smallest absolute Gasteiger partial charge is 0.326 e. The van der Waals surface area contributed by atoms with Crippen LogP contribution in [0.25, 0.3) is 10.1 Å². The predicted octanol–water partition coefficient (Wildman–Crippen LogP) is 3.90. The third-order valence-electron chi connectivity index (χ3n) is 3.79. The first-order valence-corrected chi connectivity index (χ1v) is 9.99. The zero-order valence-electron chi connectivity index (χ0n) is 15.1. The first-order chi connectivity index (χ1) is 13.8. The number of fused-ring (bicyclic) bond motifs is 1. The molecule has 2 amide bonds. The molecule has 3 rings (SSSR count). The second kappa shape index (κ2) is 9.21. The lowest BCUT2D eigenvalue weighted by atomic mass is 10.2. The van der Waals surface area contributed by atoms with Gasteiger partial charge in [0.2, 0.25) is 0 Å². The molecule has 7 nitrogen and oxygen atoms in total. The van der Waals surface area contributed by atoms with E-state index in [1.807, 2.05) is 24.3 Å². The van der Waals surface area contributed by atoms with Gasteiger partial charge in [-0.15, -0.1) is 11.3 Å². The summed E-state index contributed by atoms with van der Waals surface area (Å²) in [6.45, 7) is 1.01. The number of amides is 2. The van der Waals surface area contributed by atoms with E-state index in [1.54, 1.807) is 6.07 Å². The van der Waals surface area contributed by atoms with Gasteiger partial charge in [0.25, 0.3) is 11.8 Å². The van der Waals surface area contributed by atoms with Crippen LogP contribution in [0.5, 0.6) is 0 Å². The molecule has 0 bridgehead atoms. The van der Waals surface area contributed by atoms with Crippen molar-refractivity contribution in [3.63, 3.8) is 0 Å². The average Bonchev–Trinajstić information content (AvgIpc) is 3.05. The van der Waals surface area contributed by atoms with Crippen LogP contribution in [0.3, 0.4) is 0 Å². The number of anilines is 1. The molecule has 2 heterocycles. The lowest BCUT2D eigenvalue weighted by Crippen LogP contribution is -2.35. The summed E-state index contributed by atoms with van der Waals surface area (Å²) in [4.78, 5) is 40.6. The van der Waals surface area contributed by atoms with Crippen molar-refractivity contribution in [1.82, 2.24) is 10.3 Å². The van der Waals surface area contributed by atoms with E-state index >= 15 is 0 Å². The van der Waals surface area contributed by atoms with Gasteiger partial charge in [-0.2, -0.15) is 0 Å². The molecule has 2 N–H and O–H groups in total. The highest BCUT2D eigenvalue weighted by Crippen LogP contribution is 2.34. The molecule has 0 aliphatic rings. The summed E-state index contributed by atoms with van der Waals surface area (Å²) in [5.74, 6) is -1.54. The van der Waals surface area contributed by atoms with Crippen LogP contribution in [0.15, 0.2) is 42.6 Å². The number of carbonyl (C=O) groups excluding carboxylic acids is 3.